The number of allylic oxidation sites excluding steroid dienone is 2. The number of hydrogen-bond acceptors (Lipinski definition) is 4. The zero-order chi connectivity index (χ0) is 10.7. The predicted molar refractivity (Wildman–Crippen MR) is 57.7 cm³/mol. The van der Waals surface area contributed by atoms with Crippen LogP contribution in [-0.2, 0) is 9.53 Å². The van der Waals surface area contributed by atoms with Crippen LogP contribution in [0.1, 0.15) is 5.76 Å². The third kappa shape index (κ3) is 2.32. The zero-order valence-corrected chi connectivity index (χ0v) is 8.41. The first-order valence-electron chi connectivity index (χ1n) is 4.21. The van der Waals surface area contributed by atoms with Gasteiger partial charge in [-0.05, 0) is 36.5 Å². The van der Waals surface area contributed by atoms with Crippen molar-refractivity contribution in [2.45, 2.75) is 0 Å². The van der Waals surface area contributed by atoms with Crippen LogP contribution in [0.2, 0.25) is 0 Å². The highest BCUT2D eigenvalue weighted by molar-refractivity contribution is 7.80. The predicted octanol–water partition coefficient (Wildman–Crippen LogP) is 1.61. The second kappa shape index (κ2) is 4.10. The molecule has 1 aromatic heterocycles. The van der Waals surface area contributed by atoms with Crippen molar-refractivity contribution in [3.05, 3.63) is 42.1 Å². The SMILES string of the molecule is O=C1NC(=S)OC1=CC=Cc1ccco1. The highest BCUT2D eigenvalue weighted by Crippen LogP contribution is 2.08. The van der Waals surface area contributed by atoms with E-state index >= 15 is 0 Å². The summed E-state index contributed by atoms with van der Waals surface area (Å²) in [5.41, 5.74) is 0. The molecule has 1 amide bonds. The van der Waals surface area contributed by atoms with E-state index in [1.54, 1.807) is 30.5 Å². The summed E-state index contributed by atoms with van der Waals surface area (Å²) in [6.45, 7) is 0. The summed E-state index contributed by atoms with van der Waals surface area (Å²) >= 11 is 4.67. The Balaban J connectivity index is 2.06. The molecule has 0 saturated carbocycles. The normalized spacial score (nSPS) is 18.5. The Morgan fingerprint density at radius 2 is 2.33 bits per heavy atom. The fraction of sp³-hybridized carbons (Fsp3) is 0. The molecule has 1 N–H and O–H groups in total. The molecular formula is C10H7NO3S. The van der Waals surface area contributed by atoms with Gasteiger partial charge in [0.05, 0.1) is 6.26 Å². The topological polar surface area (TPSA) is 51.5 Å². The smallest absolute Gasteiger partial charge is 0.294 e. The van der Waals surface area contributed by atoms with E-state index < -0.39 is 0 Å². The fourth-order valence-electron chi connectivity index (χ4n) is 1.05. The number of carbonyl (C=O) groups excluding carboxylic acids is 1. The Morgan fingerprint density at radius 1 is 1.47 bits per heavy atom. The molecule has 76 valence electrons. The summed E-state index contributed by atoms with van der Waals surface area (Å²) < 4.78 is 10.0. The van der Waals surface area contributed by atoms with Gasteiger partial charge in [-0.1, -0.05) is 6.08 Å². The molecule has 0 bridgehead atoms. The highest BCUT2D eigenvalue weighted by atomic mass is 32.1. The number of rotatable bonds is 2. The van der Waals surface area contributed by atoms with Crippen LogP contribution in [0.25, 0.3) is 6.08 Å². The number of nitrogens with one attached hydrogen (secondary N) is 1. The fourth-order valence-corrected chi connectivity index (χ4v) is 1.23. The van der Waals surface area contributed by atoms with Gasteiger partial charge in [-0.15, -0.1) is 0 Å². The van der Waals surface area contributed by atoms with Crippen LogP contribution in [0.3, 0.4) is 0 Å². The average Bonchev–Trinajstić information content (AvgIpc) is 2.77. The maximum atomic E-state index is 11.1. The van der Waals surface area contributed by atoms with E-state index in [1.807, 2.05) is 0 Å². The van der Waals surface area contributed by atoms with Gasteiger partial charge >= 0.3 is 0 Å². The first kappa shape index (κ1) is 9.67. The maximum Gasteiger partial charge on any atom is 0.294 e. The Bertz CT molecular complexity index is 445. The Labute approximate surface area is 91.2 Å². The number of furan rings is 1. The Morgan fingerprint density at radius 3 is 2.93 bits per heavy atom. The number of ether oxygens (including phenoxy) is 1. The zero-order valence-electron chi connectivity index (χ0n) is 7.60. The van der Waals surface area contributed by atoms with Crippen molar-refractivity contribution in [1.29, 1.82) is 0 Å². The summed E-state index contributed by atoms with van der Waals surface area (Å²) in [6, 6.07) is 3.58. The summed E-state index contributed by atoms with van der Waals surface area (Å²) in [4.78, 5) is 11.1. The average molecular weight is 221 g/mol. The molecule has 2 heterocycles. The quantitative estimate of drug-likeness (QED) is 0.609. The van der Waals surface area contributed by atoms with E-state index in [1.165, 1.54) is 6.08 Å². The van der Waals surface area contributed by atoms with Crippen molar-refractivity contribution in [1.82, 2.24) is 5.32 Å². The minimum Gasteiger partial charge on any atom is -0.465 e. The van der Waals surface area contributed by atoms with Crippen molar-refractivity contribution < 1.29 is 13.9 Å². The largest absolute Gasteiger partial charge is 0.465 e. The van der Waals surface area contributed by atoms with E-state index in [0.717, 1.165) is 0 Å². The molecule has 2 rings (SSSR count). The van der Waals surface area contributed by atoms with Crippen LogP contribution in [0.4, 0.5) is 0 Å². The molecule has 1 aliphatic heterocycles. The Kier molecular flexibility index (Phi) is 2.64. The molecule has 1 saturated heterocycles. The van der Waals surface area contributed by atoms with Crippen molar-refractivity contribution in [2.24, 2.45) is 0 Å². The molecule has 0 aliphatic carbocycles. The van der Waals surface area contributed by atoms with Crippen molar-refractivity contribution in [3.63, 3.8) is 0 Å². The van der Waals surface area contributed by atoms with Crippen LogP contribution in [0.15, 0.2) is 40.7 Å². The monoisotopic (exact) mass is 221 g/mol. The van der Waals surface area contributed by atoms with Gasteiger partial charge in [0.1, 0.15) is 5.76 Å². The molecule has 0 atom stereocenters. The van der Waals surface area contributed by atoms with Gasteiger partial charge in [-0.3, -0.25) is 10.1 Å². The third-order valence-corrected chi connectivity index (χ3v) is 1.88. The molecule has 5 heteroatoms. The van der Waals surface area contributed by atoms with Crippen LogP contribution >= 0.6 is 12.2 Å². The van der Waals surface area contributed by atoms with Gasteiger partial charge < -0.3 is 9.15 Å². The molecule has 15 heavy (non-hydrogen) atoms. The van der Waals surface area contributed by atoms with Crippen LogP contribution in [0.5, 0.6) is 0 Å². The molecule has 0 aromatic carbocycles. The molecular weight excluding hydrogens is 214 g/mol. The van der Waals surface area contributed by atoms with Gasteiger partial charge in [0, 0.05) is 0 Å². The maximum absolute atomic E-state index is 11.1. The minimum atomic E-state index is -0.330. The summed E-state index contributed by atoms with van der Waals surface area (Å²) in [5, 5.41) is 2.44. The van der Waals surface area contributed by atoms with Gasteiger partial charge in [0.2, 0.25) is 0 Å². The lowest BCUT2D eigenvalue weighted by Gasteiger charge is -1.88. The van der Waals surface area contributed by atoms with Crippen molar-refractivity contribution >= 4 is 29.4 Å². The summed E-state index contributed by atoms with van der Waals surface area (Å²) in [6.07, 6.45) is 6.46. The van der Waals surface area contributed by atoms with Gasteiger partial charge in [0.25, 0.3) is 11.1 Å². The van der Waals surface area contributed by atoms with E-state index in [4.69, 9.17) is 9.15 Å². The summed E-state index contributed by atoms with van der Waals surface area (Å²) in [7, 11) is 0. The highest BCUT2D eigenvalue weighted by Gasteiger charge is 2.21. The number of hydrogen-bond donors (Lipinski definition) is 1. The lowest BCUT2D eigenvalue weighted by atomic mass is 10.3. The number of amides is 1. The molecule has 1 aliphatic rings. The number of thiocarbonyl (C=S) groups is 1. The van der Waals surface area contributed by atoms with Crippen molar-refractivity contribution in [2.75, 3.05) is 0 Å². The first-order chi connectivity index (χ1) is 7.25. The third-order valence-electron chi connectivity index (χ3n) is 1.69. The second-order valence-electron chi connectivity index (χ2n) is 2.75. The second-order valence-corrected chi connectivity index (χ2v) is 3.12. The molecule has 0 spiro atoms. The number of carbonyl (C=O) groups is 1. The first-order valence-corrected chi connectivity index (χ1v) is 4.61. The lowest BCUT2D eigenvalue weighted by molar-refractivity contribution is -0.116. The Hall–Kier alpha value is -1.88. The van der Waals surface area contributed by atoms with Crippen LogP contribution in [-0.4, -0.2) is 11.1 Å². The van der Waals surface area contributed by atoms with E-state index in [2.05, 4.69) is 17.5 Å². The van der Waals surface area contributed by atoms with Gasteiger partial charge in [-0.2, -0.15) is 0 Å². The molecule has 1 aromatic rings. The standard InChI is InChI=1S/C10H7NO3S/c12-9-8(14-10(15)11-9)5-1-3-7-4-2-6-13-7/h1-6H,(H,11,12,15). The van der Waals surface area contributed by atoms with Crippen molar-refractivity contribution in [3.8, 4) is 0 Å². The van der Waals surface area contributed by atoms with Crippen LogP contribution in [0, 0.1) is 0 Å². The minimum absolute atomic E-state index is 0.0812. The molecule has 1 fully saturated rings. The van der Waals surface area contributed by atoms with E-state index in [0.29, 0.717) is 5.76 Å². The van der Waals surface area contributed by atoms with Gasteiger partial charge in [0.15, 0.2) is 5.76 Å². The lowest BCUT2D eigenvalue weighted by Crippen LogP contribution is -2.18. The van der Waals surface area contributed by atoms with Gasteiger partial charge in [-0.25, -0.2) is 0 Å². The summed E-state index contributed by atoms with van der Waals surface area (Å²) in [5.74, 6) is 0.555. The van der Waals surface area contributed by atoms with E-state index in [-0.39, 0.29) is 16.8 Å². The molecule has 4 nitrogen and oxygen atoms in total. The molecule has 0 radical (unpaired) electrons. The van der Waals surface area contributed by atoms with Crippen LogP contribution < -0.4 is 5.32 Å². The molecule has 0 unspecified atom stereocenters. The van der Waals surface area contributed by atoms with E-state index in [9.17, 15) is 4.79 Å².